The van der Waals surface area contributed by atoms with E-state index in [1.165, 1.54) is 0 Å². The van der Waals surface area contributed by atoms with Crippen LogP contribution in [-0.2, 0) is 4.79 Å². The second kappa shape index (κ2) is 5.87. The van der Waals surface area contributed by atoms with Crippen LogP contribution in [0.4, 0.5) is 4.39 Å². The lowest BCUT2D eigenvalue weighted by atomic mass is 10.1. The second-order valence-electron chi connectivity index (χ2n) is 4.33. The van der Waals surface area contributed by atoms with Gasteiger partial charge in [0.1, 0.15) is 0 Å². The Bertz CT molecular complexity index is 426. The molecule has 1 unspecified atom stereocenters. The van der Waals surface area contributed by atoms with Gasteiger partial charge in [-0.2, -0.15) is 0 Å². The van der Waals surface area contributed by atoms with E-state index in [1.54, 1.807) is 18.2 Å². The van der Waals surface area contributed by atoms with Crippen molar-refractivity contribution in [3.63, 3.8) is 0 Å². The zero-order valence-electron chi connectivity index (χ0n) is 10.0. The molecule has 0 spiro atoms. The normalized spacial score (nSPS) is 13.2. The summed E-state index contributed by atoms with van der Waals surface area (Å²) in [6, 6.07) is 4.80. The van der Waals surface area contributed by atoms with Crippen LogP contribution >= 0.6 is 23.2 Å². The molecule has 0 fully saturated rings. The van der Waals surface area contributed by atoms with Crippen LogP contribution < -0.4 is 5.32 Å². The first-order valence-corrected chi connectivity index (χ1v) is 6.08. The van der Waals surface area contributed by atoms with E-state index in [0.717, 1.165) is 13.8 Å². The molecule has 1 aromatic carbocycles. The lowest BCUT2D eigenvalue weighted by Crippen LogP contribution is -2.40. The number of carbonyl (C=O) groups excluding carboxylic acids is 1. The van der Waals surface area contributed by atoms with Gasteiger partial charge in [0.05, 0.1) is 6.10 Å². The third-order valence-electron chi connectivity index (χ3n) is 2.33. The summed E-state index contributed by atoms with van der Waals surface area (Å²) in [6.07, 6.45) is -1.09. The fourth-order valence-corrected chi connectivity index (χ4v) is 1.98. The van der Waals surface area contributed by atoms with Crippen molar-refractivity contribution in [2.75, 3.05) is 6.54 Å². The van der Waals surface area contributed by atoms with Gasteiger partial charge >= 0.3 is 0 Å². The Hall–Kier alpha value is -0.840. The van der Waals surface area contributed by atoms with Crippen LogP contribution in [0.15, 0.2) is 18.2 Å². The highest BCUT2D eigenvalue weighted by Gasteiger charge is 2.27. The molecule has 100 valence electrons. The molecule has 0 aliphatic carbocycles. The van der Waals surface area contributed by atoms with Gasteiger partial charge in [0.2, 0.25) is 0 Å². The molecule has 6 heteroatoms. The maximum Gasteiger partial charge on any atom is 0.257 e. The maximum absolute atomic E-state index is 13.2. The number of aliphatic hydroxyl groups excluding tert-OH is 1. The fraction of sp³-hybridized carbons (Fsp3) is 0.417. The topological polar surface area (TPSA) is 49.3 Å². The third-order valence-corrected chi connectivity index (χ3v) is 2.99. The second-order valence-corrected chi connectivity index (χ2v) is 5.15. The predicted octanol–water partition coefficient (Wildman–Crippen LogP) is 2.89. The predicted molar refractivity (Wildman–Crippen MR) is 69.6 cm³/mol. The molecule has 2 N–H and O–H groups in total. The maximum atomic E-state index is 13.2. The number of rotatable bonds is 4. The molecule has 1 aromatic rings. The Kier molecular flexibility index (Phi) is 4.96. The molecular formula is C12H14Cl2FNO2. The minimum absolute atomic E-state index is 0.157. The first-order valence-electron chi connectivity index (χ1n) is 5.32. The minimum Gasteiger partial charge on any atom is -0.386 e. The number of aliphatic hydroxyl groups is 1. The van der Waals surface area contributed by atoms with Gasteiger partial charge in [0.15, 0.2) is 5.67 Å². The third kappa shape index (κ3) is 3.83. The van der Waals surface area contributed by atoms with Gasteiger partial charge in [0, 0.05) is 22.2 Å². The van der Waals surface area contributed by atoms with Gasteiger partial charge in [-0.05, 0) is 26.0 Å². The van der Waals surface area contributed by atoms with E-state index < -0.39 is 17.7 Å². The minimum atomic E-state index is -2.00. The van der Waals surface area contributed by atoms with E-state index in [-0.39, 0.29) is 6.54 Å². The van der Waals surface area contributed by atoms with Crippen molar-refractivity contribution in [2.45, 2.75) is 25.6 Å². The molecule has 3 nitrogen and oxygen atoms in total. The van der Waals surface area contributed by atoms with Gasteiger partial charge in [0.25, 0.3) is 5.91 Å². The van der Waals surface area contributed by atoms with E-state index in [1.807, 2.05) is 0 Å². The van der Waals surface area contributed by atoms with Gasteiger partial charge in [-0.3, -0.25) is 4.79 Å². The monoisotopic (exact) mass is 293 g/mol. The smallest absolute Gasteiger partial charge is 0.257 e. The standard InChI is InChI=1S/C12H14Cl2FNO2/c1-12(2,15)11(18)16-6-9(17)10-7(13)4-3-5-8(10)14/h3-5,9,17H,6H2,1-2H3,(H,16,18). The SMILES string of the molecule is CC(C)(F)C(=O)NCC(O)c1c(Cl)cccc1Cl. The molecule has 0 heterocycles. The molecule has 1 amide bonds. The van der Waals surface area contributed by atoms with Crippen molar-refractivity contribution in [1.82, 2.24) is 5.32 Å². The zero-order chi connectivity index (χ0) is 13.9. The number of alkyl halides is 1. The summed E-state index contributed by atoms with van der Waals surface area (Å²) in [7, 11) is 0. The van der Waals surface area contributed by atoms with E-state index in [0.29, 0.717) is 15.6 Å². The number of nitrogens with one attached hydrogen (secondary N) is 1. The summed E-state index contributed by atoms with van der Waals surface area (Å²) in [5, 5.41) is 12.8. The molecule has 0 radical (unpaired) electrons. The van der Waals surface area contributed by atoms with Crippen molar-refractivity contribution < 1.29 is 14.3 Å². The summed E-state index contributed by atoms with van der Waals surface area (Å²) in [5.74, 6) is -0.801. The van der Waals surface area contributed by atoms with Crippen molar-refractivity contribution >= 4 is 29.1 Å². The summed E-state index contributed by atoms with van der Waals surface area (Å²) < 4.78 is 13.2. The summed E-state index contributed by atoms with van der Waals surface area (Å²) in [4.78, 5) is 11.3. The van der Waals surface area contributed by atoms with Gasteiger partial charge in [-0.1, -0.05) is 29.3 Å². The Balaban J connectivity index is 2.72. The number of halogens is 3. The molecule has 0 bridgehead atoms. The lowest BCUT2D eigenvalue weighted by molar-refractivity contribution is -0.131. The number of carbonyl (C=O) groups is 1. The largest absolute Gasteiger partial charge is 0.386 e. The van der Waals surface area contributed by atoms with Crippen LogP contribution in [0.1, 0.15) is 25.5 Å². The zero-order valence-corrected chi connectivity index (χ0v) is 11.5. The van der Waals surface area contributed by atoms with Crippen LogP contribution in [0, 0.1) is 0 Å². The lowest BCUT2D eigenvalue weighted by Gasteiger charge is -2.18. The van der Waals surface area contributed by atoms with Crippen molar-refractivity contribution in [3.8, 4) is 0 Å². The molecule has 1 rings (SSSR count). The van der Waals surface area contributed by atoms with Crippen LogP contribution in [0.25, 0.3) is 0 Å². The first-order chi connectivity index (χ1) is 8.23. The van der Waals surface area contributed by atoms with Gasteiger partial charge in [-0.15, -0.1) is 0 Å². The van der Waals surface area contributed by atoms with Gasteiger partial charge in [-0.25, -0.2) is 4.39 Å². The van der Waals surface area contributed by atoms with Crippen LogP contribution in [-0.4, -0.2) is 23.2 Å². The number of hydrogen-bond donors (Lipinski definition) is 2. The number of amides is 1. The average molecular weight is 294 g/mol. The average Bonchev–Trinajstić information content (AvgIpc) is 2.24. The van der Waals surface area contributed by atoms with Gasteiger partial charge < -0.3 is 10.4 Å². The molecule has 0 aliphatic heterocycles. The molecule has 0 aliphatic rings. The van der Waals surface area contributed by atoms with E-state index in [4.69, 9.17) is 23.2 Å². The van der Waals surface area contributed by atoms with E-state index in [9.17, 15) is 14.3 Å². The highest BCUT2D eigenvalue weighted by molar-refractivity contribution is 6.36. The van der Waals surface area contributed by atoms with E-state index in [2.05, 4.69) is 5.32 Å². The number of benzene rings is 1. The van der Waals surface area contributed by atoms with Crippen molar-refractivity contribution in [3.05, 3.63) is 33.8 Å². The van der Waals surface area contributed by atoms with Crippen molar-refractivity contribution in [2.24, 2.45) is 0 Å². The Morgan fingerprint density at radius 2 is 1.94 bits per heavy atom. The number of hydrogen-bond acceptors (Lipinski definition) is 2. The van der Waals surface area contributed by atoms with Crippen LogP contribution in [0.2, 0.25) is 10.0 Å². The Morgan fingerprint density at radius 1 is 1.44 bits per heavy atom. The summed E-state index contributed by atoms with van der Waals surface area (Å²) in [5.41, 5.74) is -1.68. The quantitative estimate of drug-likeness (QED) is 0.897. The fourth-order valence-electron chi connectivity index (χ4n) is 1.33. The summed E-state index contributed by atoms with van der Waals surface area (Å²) in [6.45, 7) is 2.12. The molecule has 0 saturated carbocycles. The highest BCUT2D eigenvalue weighted by atomic mass is 35.5. The Labute approximate surface area is 115 Å². The van der Waals surface area contributed by atoms with Crippen LogP contribution in [0.3, 0.4) is 0 Å². The molecule has 1 atom stereocenters. The molecule has 0 saturated heterocycles. The van der Waals surface area contributed by atoms with E-state index >= 15 is 0 Å². The summed E-state index contributed by atoms with van der Waals surface area (Å²) >= 11 is 11.8. The Morgan fingerprint density at radius 3 is 2.39 bits per heavy atom. The molecule has 0 aromatic heterocycles. The molecule has 18 heavy (non-hydrogen) atoms. The molecular weight excluding hydrogens is 280 g/mol. The van der Waals surface area contributed by atoms with Crippen molar-refractivity contribution in [1.29, 1.82) is 0 Å². The highest BCUT2D eigenvalue weighted by Crippen LogP contribution is 2.29. The first kappa shape index (κ1) is 15.2. The van der Waals surface area contributed by atoms with Crippen LogP contribution in [0.5, 0.6) is 0 Å².